The fourth-order valence-corrected chi connectivity index (χ4v) is 8.70. The van der Waals surface area contributed by atoms with Gasteiger partial charge in [-0.1, -0.05) is 96.0 Å². The number of nitrogens with zero attached hydrogens (tertiary/aromatic N) is 1. The van der Waals surface area contributed by atoms with E-state index in [2.05, 4.69) is 42.5 Å². The average Bonchev–Trinajstić information content (AvgIpc) is 3.86. The third-order valence-corrected chi connectivity index (χ3v) is 12.3. The molecule has 49 heavy (non-hydrogen) atoms. The van der Waals surface area contributed by atoms with Crippen LogP contribution in [0.25, 0.3) is 23.1 Å². The molecular weight excluding hydrogens is 670 g/mol. The molecule has 1 atom stereocenters. The Bertz CT molecular complexity index is 2070. The van der Waals surface area contributed by atoms with Crippen LogP contribution in [-0.2, 0) is 26.3 Å². The van der Waals surface area contributed by atoms with Crippen molar-refractivity contribution in [1.82, 2.24) is 4.98 Å². The third-order valence-electron chi connectivity index (χ3n) is 9.13. The number of rotatable bonds is 14. The van der Waals surface area contributed by atoms with Crippen molar-refractivity contribution in [2.24, 2.45) is 5.41 Å². The zero-order valence-corrected chi connectivity index (χ0v) is 30.5. The minimum atomic E-state index is -3.83. The highest BCUT2D eigenvalue weighted by Crippen LogP contribution is 2.51. The lowest BCUT2D eigenvalue weighted by Crippen LogP contribution is -2.19. The highest BCUT2D eigenvalue weighted by atomic mass is 35.5. The van der Waals surface area contributed by atoms with Crippen molar-refractivity contribution in [3.8, 4) is 0 Å². The largest absolute Gasteiger partial charge is 0.386 e. The summed E-state index contributed by atoms with van der Waals surface area (Å²) in [5, 5.41) is 12.7. The van der Waals surface area contributed by atoms with Gasteiger partial charge in [0.05, 0.1) is 28.3 Å². The molecule has 4 aromatic carbocycles. The number of hydrogen-bond acceptors (Lipinski definition) is 6. The summed E-state index contributed by atoms with van der Waals surface area (Å²) in [7, 11) is -3.83. The Labute approximate surface area is 299 Å². The normalized spacial score (nSPS) is 15.1. The van der Waals surface area contributed by atoms with E-state index in [1.54, 1.807) is 24.3 Å². The monoisotopic (exact) mass is 711 g/mol. The first kappa shape index (κ1) is 35.4. The molecule has 0 radical (unpaired) electrons. The van der Waals surface area contributed by atoms with E-state index in [0.29, 0.717) is 5.02 Å². The Morgan fingerprint density at radius 2 is 1.71 bits per heavy atom. The minimum Gasteiger partial charge on any atom is -0.386 e. The molecule has 8 heteroatoms. The van der Waals surface area contributed by atoms with Crippen LogP contribution >= 0.6 is 23.4 Å². The maximum absolute atomic E-state index is 13.0. The molecule has 1 aliphatic rings. The SMILES string of the molecule is Cc1ccc(S(=O)(=O)OCC2(CS[C@H](CCc3ccccc3C(C)(C)O)c3cccc(/C=C/c4ccc5ccc(Cl)cc5n4)c3)CC2)cc1. The van der Waals surface area contributed by atoms with E-state index in [-0.39, 0.29) is 22.2 Å². The third kappa shape index (κ3) is 9.21. The zero-order valence-electron chi connectivity index (χ0n) is 28.1. The Kier molecular flexibility index (Phi) is 10.7. The van der Waals surface area contributed by atoms with Crippen molar-refractivity contribution in [2.45, 2.75) is 62.2 Å². The predicted molar refractivity (Wildman–Crippen MR) is 203 cm³/mol. The fraction of sp³-hybridized carbons (Fsp3) is 0.293. The summed E-state index contributed by atoms with van der Waals surface area (Å²) in [4.78, 5) is 4.96. The molecule has 0 amide bonds. The Hall–Kier alpha value is -3.46. The van der Waals surface area contributed by atoms with Gasteiger partial charge < -0.3 is 5.11 Å². The second-order valence-electron chi connectivity index (χ2n) is 13.7. The summed E-state index contributed by atoms with van der Waals surface area (Å²) >= 11 is 8.07. The van der Waals surface area contributed by atoms with Gasteiger partial charge in [0.25, 0.3) is 10.1 Å². The Morgan fingerprint density at radius 1 is 0.959 bits per heavy atom. The number of aliphatic hydroxyl groups is 1. The van der Waals surface area contributed by atoms with Crippen molar-refractivity contribution in [2.75, 3.05) is 12.4 Å². The molecule has 0 aliphatic heterocycles. The molecule has 0 saturated heterocycles. The first-order valence-corrected chi connectivity index (χ1v) is 19.5. The minimum absolute atomic E-state index is 0.148. The summed E-state index contributed by atoms with van der Waals surface area (Å²) in [5.41, 5.74) is 5.94. The summed E-state index contributed by atoms with van der Waals surface area (Å²) in [6, 6.07) is 33.2. The van der Waals surface area contributed by atoms with Gasteiger partial charge in [0.1, 0.15) is 0 Å². The molecule has 1 aromatic heterocycles. The number of thioether (sulfide) groups is 1. The Morgan fingerprint density at radius 3 is 2.47 bits per heavy atom. The molecule has 5 nitrogen and oxygen atoms in total. The van der Waals surface area contributed by atoms with Crippen LogP contribution in [0.4, 0.5) is 0 Å². The number of aromatic nitrogens is 1. The van der Waals surface area contributed by atoms with E-state index in [1.165, 1.54) is 5.56 Å². The first-order valence-electron chi connectivity index (χ1n) is 16.6. The number of aryl methyl sites for hydroxylation is 2. The smallest absolute Gasteiger partial charge is 0.296 e. The lowest BCUT2D eigenvalue weighted by atomic mass is 9.90. The van der Waals surface area contributed by atoms with Crippen LogP contribution < -0.4 is 0 Å². The summed E-state index contributed by atoms with van der Waals surface area (Å²) in [6.07, 6.45) is 7.63. The highest BCUT2D eigenvalue weighted by molar-refractivity contribution is 7.99. The van der Waals surface area contributed by atoms with Crippen molar-refractivity contribution in [1.29, 1.82) is 0 Å². The van der Waals surface area contributed by atoms with Crippen LogP contribution in [-0.4, -0.2) is 30.9 Å². The summed E-state index contributed by atoms with van der Waals surface area (Å²) < 4.78 is 31.6. The number of benzene rings is 4. The number of fused-ring (bicyclic) bond motifs is 1. The van der Waals surface area contributed by atoms with Gasteiger partial charge in [-0.25, -0.2) is 4.98 Å². The van der Waals surface area contributed by atoms with Crippen LogP contribution in [0.5, 0.6) is 0 Å². The lowest BCUT2D eigenvalue weighted by molar-refractivity contribution is 0.0776. The van der Waals surface area contributed by atoms with Gasteiger partial charge in [0.15, 0.2) is 0 Å². The van der Waals surface area contributed by atoms with Gasteiger partial charge in [0.2, 0.25) is 0 Å². The quantitative estimate of drug-likeness (QED) is 0.116. The zero-order chi connectivity index (χ0) is 34.6. The van der Waals surface area contributed by atoms with E-state index in [4.69, 9.17) is 20.8 Å². The highest BCUT2D eigenvalue weighted by Gasteiger charge is 2.44. The molecule has 1 fully saturated rings. The van der Waals surface area contributed by atoms with Crippen molar-refractivity contribution in [3.63, 3.8) is 0 Å². The number of halogens is 1. The molecule has 1 N–H and O–H groups in total. The van der Waals surface area contributed by atoms with Crippen molar-refractivity contribution < 1.29 is 17.7 Å². The number of pyridine rings is 1. The summed E-state index contributed by atoms with van der Waals surface area (Å²) in [6.45, 7) is 5.76. The van der Waals surface area contributed by atoms with Crippen LogP contribution in [0, 0.1) is 12.3 Å². The maximum Gasteiger partial charge on any atom is 0.296 e. The molecular formula is C41H42ClNO4S2. The topological polar surface area (TPSA) is 76.5 Å². The van der Waals surface area contributed by atoms with E-state index >= 15 is 0 Å². The van der Waals surface area contributed by atoms with Gasteiger partial charge in [-0.2, -0.15) is 20.2 Å². The van der Waals surface area contributed by atoms with E-state index in [9.17, 15) is 13.5 Å². The lowest BCUT2D eigenvalue weighted by Gasteiger charge is -2.24. The van der Waals surface area contributed by atoms with Crippen LogP contribution in [0.3, 0.4) is 0 Å². The van der Waals surface area contributed by atoms with Crippen LogP contribution in [0.15, 0.2) is 108 Å². The predicted octanol–water partition coefficient (Wildman–Crippen LogP) is 10.2. The molecule has 1 heterocycles. The molecule has 5 aromatic rings. The number of hydrogen-bond donors (Lipinski definition) is 1. The maximum atomic E-state index is 13.0. The van der Waals surface area contributed by atoms with Gasteiger partial charge in [-0.05, 0) is 105 Å². The van der Waals surface area contributed by atoms with Gasteiger partial charge in [-0.15, -0.1) is 0 Å². The molecule has 0 spiro atoms. The van der Waals surface area contributed by atoms with E-state index < -0.39 is 15.7 Å². The second kappa shape index (κ2) is 14.8. The van der Waals surface area contributed by atoms with Gasteiger partial charge in [0, 0.05) is 26.8 Å². The molecule has 1 saturated carbocycles. The second-order valence-corrected chi connectivity index (χ2v) is 16.9. The van der Waals surface area contributed by atoms with Crippen molar-refractivity contribution >= 4 is 56.5 Å². The molecule has 6 rings (SSSR count). The van der Waals surface area contributed by atoms with E-state index in [1.807, 2.05) is 81.1 Å². The Balaban J connectivity index is 1.20. The summed E-state index contributed by atoms with van der Waals surface area (Å²) in [5.74, 6) is 0.790. The molecule has 254 valence electrons. The molecule has 1 aliphatic carbocycles. The standard InChI is InChI=1S/C41H42ClNO4S2/c1-29-11-20-36(21-12-29)49(45,46)47-27-41(23-24-41)28-48-39(22-16-31-8-4-5-10-37(31)40(2,3)44)33-9-6-7-30(25-33)13-18-35-19-15-32-14-17-34(42)26-38(32)43-35/h4-15,17-21,25-26,39,44H,16,22-24,27-28H2,1-3H3/b18-13+/t39-/m1/s1. The van der Waals surface area contributed by atoms with Crippen LogP contribution in [0.2, 0.25) is 5.02 Å². The molecule has 0 bridgehead atoms. The fourth-order valence-electron chi connectivity index (χ4n) is 5.97. The van der Waals surface area contributed by atoms with Gasteiger partial charge in [-0.3, -0.25) is 4.18 Å². The average molecular weight is 712 g/mol. The van der Waals surface area contributed by atoms with Gasteiger partial charge >= 0.3 is 0 Å². The van der Waals surface area contributed by atoms with Crippen LogP contribution in [0.1, 0.15) is 71.9 Å². The van der Waals surface area contributed by atoms with Crippen molar-refractivity contribution in [3.05, 3.63) is 142 Å². The molecule has 0 unspecified atom stereocenters. The van der Waals surface area contributed by atoms with E-state index in [0.717, 1.165) is 70.3 Å². The first-order chi connectivity index (χ1) is 23.4.